The first kappa shape index (κ1) is 8.47. The van der Waals surface area contributed by atoms with E-state index >= 15 is 0 Å². The molecular weight excluding hydrogens is 136 g/mol. The van der Waals surface area contributed by atoms with E-state index in [4.69, 9.17) is 5.73 Å². The second-order valence-electron chi connectivity index (χ2n) is 2.99. The monoisotopic (exact) mass is 152 g/mol. The highest BCUT2D eigenvalue weighted by Crippen LogP contribution is 2.21. The summed E-state index contributed by atoms with van der Waals surface area (Å²) in [7, 11) is 1.85. The number of allylic oxidation sites excluding steroid dienone is 1. The Morgan fingerprint density at radius 3 is 2.64 bits per heavy atom. The van der Waals surface area contributed by atoms with Crippen molar-refractivity contribution in [2.75, 3.05) is 13.6 Å². The average molecular weight is 152 g/mol. The summed E-state index contributed by atoms with van der Waals surface area (Å²) < 4.78 is 0. The van der Waals surface area contributed by atoms with Crippen molar-refractivity contribution in [2.45, 2.75) is 26.2 Å². The van der Waals surface area contributed by atoms with Gasteiger partial charge in [0.15, 0.2) is 0 Å². The molecule has 2 N–H and O–H groups in total. The van der Waals surface area contributed by atoms with E-state index in [-0.39, 0.29) is 0 Å². The van der Waals surface area contributed by atoms with Gasteiger partial charge in [-0.25, -0.2) is 0 Å². The van der Waals surface area contributed by atoms with Crippen LogP contribution in [0.2, 0.25) is 0 Å². The first-order valence-corrected chi connectivity index (χ1v) is 4.14. The second-order valence-corrected chi connectivity index (χ2v) is 2.99. The van der Waals surface area contributed by atoms with Crippen LogP contribution < -0.4 is 5.73 Å². The Bertz CT molecular complexity index is 194. The Morgan fingerprint density at radius 2 is 2.18 bits per heavy atom. The van der Waals surface area contributed by atoms with Crippen LogP contribution in [0.25, 0.3) is 0 Å². The number of hydrogen-bond donors (Lipinski definition) is 1. The lowest BCUT2D eigenvalue weighted by molar-refractivity contribution is 0.812. The van der Waals surface area contributed by atoms with E-state index in [1.165, 1.54) is 29.7 Å². The van der Waals surface area contributed by atoms with Gasteiger partial charge in [0.25, 0.3) is 0 Å². The third kappa shape index (κ3) is 1.69. The zero-order valence-corrected chi connectivity index (χ0v) is 7.35. The standard InChI is InChI=1S/C9H16N2/c1-7-4-3-5-9(11-2)8(7)6-10/h3-6,10H2,1-2H3. The molecule has 0 spiro atoms. The summed E-state index contributed by atoms with van der Waals surface area (Å²) in [5.74, 6) is 0. The fraction of sp³-hybridized carbons (Fsp3) is 0.667. The van der Waals surface area contributed by atoms with Crippen LogP contribution in [0.5, 0.6) is 0 Å². The summed E-state index contributed by atoms with van der Waals surface area (Å²) >= 11 is 0. The summed E-state index contributed by atoms with van der Waals surface area (Å²) in [6.07, 6.45) is 3.55. The second kappa shape index (κ2) is 3.67. The Hall–Kier alpha value is -0.630. The van der Waals surface area contributed by atoms with E-state index in [9.17, 15) is 0 Å². The molecule has 0 fully saturated rings. The Kier molecular flexibility index (Phi) is 2.83. The van der Waals surface area contributed by atoms with Crippen molar-refractivity contribution >= 4 is 5.71 Å². The maximum absolute atomic E-state index is 5.62. The summed E-state index contributed by atoms with van der Waals surface area (Å²) in [4.78, 5) is 4.23. The van der Waals surface area contributed by atoms with Crippen LogP contribution >= 0.6 is 0 Å². The van der Waals surface area contributed by atoms with Crippen LogP contribution in [0.1, 0.15) is 26.2 Å². The smallest absolute Gasteiger partial charge is 0.0389 e. The normalized spacial score (nSPS) is 23.0. The van der Waals surface area contributed by atoms with Crippen LogP contribution in [0.15, 0.2) is 16.1 Å². The largest absolute Gasteiger partial charge is 0.326 e. The minimum Gasteiger partial charge on any atom is -0.326 e. The van der Waals surface area contributed by atoms with Crippen molar-refractivity contribution < 1.29 is 0 Å². The molecule has 11 heavy (non-hydrogen) atoms. The van der Waals surface area contributed by atoms with E-state index in [1.54, 1.807) is 0 Å². The molecule has 0 heterocycles. The zero-order valence-electron chi connectivity index (χ0n) is 7.35. The van der Waals surface area contributed by atoms with Gasteiger partial charge in [-0.2, -0.15) is 0 Å². The SMILES string of the molecule is CN=C1CCCC(C)=C1CN. The molecule has 0 aromatic heterocycles. The van der Waals surface area contributed by atoms with Gasteiger partial charge >= 0.3 is 0 Å². The fourth-order valence-corrected chi connectivity index (χ4v) is 1.61. The number of aliphatic imine (C=N–C) groups is 1. The van der Waals surface area contributed by atoms with Gasteiger partial charge in [0.05, 0.1) is 0 Å². The molecule has 1 aliphatic carbocycles. The number of nitrogens with zero attached hydrogens (tertiary/aromatic N) is 1. The maximum atomic E-state index is 5.62. The molecule has 0 bridgehead atoms. The molecule has 0 saturated heterocycles. The highest BCUT2D eigenvalue weighted by atomic mass is 14.7. The molecule has 0 aliphatic heterocycles. The Labute approximate surface area is 68.2 Å². The van der Waals surface area contributed by atoms with Crippen molar-refractivity contribution in [1.82, 2.24) is 0 Å². The van der Waals surface area contributed by atoms with E-state index in [1.807, 2.05) is 7.05 Å². The van der Waals surface area contributed by atoms with Crippen molar-refractivity contribution in [3.05, 3.63) is 11.1 Å². The van der Waals surface area contributed by atoms with Crippen LogP contribution in [0.4, 0.5) is 0 Å². The molecule has 0 saturated carbocycles. The molecule has 62 valence electrons. The molecule has 0 amide bonds. The summed E-state index contributed by atoms with van der Waals surface area (Å²) in [5.41, 5.74) is 9.56. The molecule has 0 atom stereocenters. The lowest BCUT2D eigenvalue weighted by atomic mass is 9.91. The summed E-state index contributed by atoms with van der Waals surface area (Å²) in [5, 5.41) is 0. The van der Waals surface area contributed by atoms with Gasteiger partial charge in [-0.3, -0.25) is 4.99 Å². The highest BCUT2D eigenvalue weighted by molar-refractivity contribution is 6.01. The van der Waals surface area contributed by atoms with Gasteiger partial charge in [0, 0.05) is 19.3 Å². The molecule has 0 aromatic rings. The van der Waals surface area contributed by atoms with Gasteiger partial charge in [-0.15, -0.1) is 0 Å². The Balaban J connectivity index is 2.91. The number of rotatable bonds is 1. The quantitative estimate of drug-likeness (QED) is 0.607. The van der Waals surface area contributed by atoms with Gasteiger partial charge in [-0.1, -0.05) is 5.57 Å². The van der Waals surface area contributed by atoms with Crippen LogP contribution in [0.3, 0.4) is 0 Å². The van der Waals surface area contributed by atoms with Crippen molar-refractivity contribution in [3.63, 3.8) is 0 Å². The predicted octanol–water partition coefficient (Wildman–Crippen LogP) is 1.52. The third-order valence-corrected chi connectivity index (χ3v) is 2.30. The predicted molar refractivity (Wildman–Crippen MR) is 49.0 cm³/mol. The van der Waals surface area contributed by atoms with Crippen molar-refractivity contribution in [1.29, 1.82) is 0 Å². The molecule has 1 aliphatic rings. The maximum Gasteiger partial charge on any atom is 0.0389 e. The van der Waals surface area contributed by atoms with Crippen LogP contribution in [-0.2, 0) is 0 Å². The molecule has 0 unspecified atom stereocenters. The van der Waals surface area contributed by atoms with Gasteiger partial charge in [-0.05, 0) is 31.8 Å². The third-order valence-electron chi connectivity index (χ3n) is 2.30. The molecular formula is C9H16N2. The summed E-state index contributed by atoms with van der Waals surface area (Å²) in [6, 6.07) is 0. The average Bonchev–Trinajstić information content (AvgIpc) is 2.04. The van der Waals surface area contributed by atoms with Gasteiger partial charge in [0.2, 0.25) is 0 Å². The lowest BCUT2D eigenvalue weighted by Gasteiger charge is -2.18. The van der Waals surface area contributed by atoms with Crippen molar-refractivity contribution in [2.24, 2.45) is 10.7 Å². The zero-order chi connectivity index (χ0) is 8.27. The van der Waals surface area contributed by atoms with Gasteiger partial charge < -0.3 is 5.73 Å². The fourth-order valence-electron chi connectivity index (χ4n) is 1.61. The molecule has 2 heteroatoms. The minimum absolute atomic E-state index is 0.651. The van der Waals surface area contributed by atoms with E-state index in [0.29, 0.717) is 6.54 Å². The molecule has 1 rings (SSSR count). The van der Waals surface area contributed by atoms with E-state index in [0.717, 1.165) is 6.42 Å². The molecule has 0 radical (unpaired) electrons. The van der Waals surface area contributed by atoms with Crippen LogP contribution in [0, 0.1) is 0 Å². The molecule has 2 nitrogen and oxygen atoms in total. The first-order valence-electron chi connectivity index (χ1n) is 4.14. The highest BCUT2D eigenvalue weighted by Gasteiger charge is 2.13. The Morgan fingerprint density at radius 1 is 1.45 bits per heavy atom. The van der Waals surface area contributed by atoms with Crippen LogP contribution in [-0.4, -0.2) is 19.3 Å². The van der Waals surface area contributed by atoms with Crippen molar-refractivity contribution in [3.8, 4) is 0 Å². The summed E-state index contributed by atoms with van der Waals surface area (Å²) in [6.45, 7) is 2.81. The topological polar surface area (TPSA) is 38.4 Å². The van der Waals surface area contributed by atoms with Gasteiger partial charge in [0.1, 0.15) is 0 Å². The number of nitrogens with two attached hydrogens (primary N) is 1. The van der Waals surface area contributed by atoms with E-state index in [2.05, 4.69) is 11.9 Å². The number of hydrogen-bond acceptors (Lipinski definition) is 2. The van der Waals surface area contributed by atoms with E-state index < -0.39 is 0 Å². The first-order chi connectivity index (χ1) is 5.29. The minimum atomic E-state index is 0.651. The molecule has 0 aromatic carbocycles. The lowest BCUT2D eigenvalue weighted by Crippen LogP contribution is -2.18.